The number of esters is 1. The monoisotopic (exact) mass is 234 g/mol. The number of carbonyl (C=O) groups is 2. The number of rotatable bonds is 2. The number of carbonyl (C=O) groups excluding carboxylic acids is 2. The average molecular weight is 234 g/mol. The Morgan fingerprint density at radius 3 is 2.40 bits per heavy atom. The van der Waals surface area contributed by atoms with E-state index in [4.69, 9.17) is 0 Å². The molecular formula is C10H11NaO3S. The first-order chi connectivity index (χ1) is 6.56. The van der Waals surface area contributed by atoms with E-state index in [0.717, 1.165) is 0 Å². The molecule has 0 saturated carbocycles. The third-order valence-electron chi connectivity index (χ3n) is 1.81. The summed E-state index contributed by atoms with van der Waals surface area (Å²) in [7, 11) is 1.29. The van der Waals surface area contributed by atoms with Gasteiger partial charge in [0.25, 0.3) is 0 Å². The van der Waals surface area contributed by atoms with Crippen LogP contribution in [0.2, 0.25) is 0 Å². The Labute approximate surface area is 116 Å². The fourth-order valence-corrected chi connectivity index (χ4v) is 1.26. The molecule has 0 aliphatic rings. The molecule has 0 saturated heterocycles. The van der Waals surface area contributed by atoms with Gasteiger partial charge in [-0.3, -0.25) is 4.79 Å². The van der Waals surface area contributed by atoms with Gasteiger partial charge < -0.3 is 4.74 Å². The van der Waals surface area contributed by atoms with Crippen molar-refractivity contribution < 1.29 is 14.3 Å². The molecule has 0 aliphatic carbocycles. The van der Waals surface area contributed by atoms with Gasteiger partial charge in [-0.15, -0.1) is 12.6 Å². The molecule has 5 heteroatoms. The van der Waals surface area contributed by atoms with Gasteiger partial charge in [0.2, 0.25) is 0 Å². The Kier molecular flexibility index (Phi) is 6.20. The first-order valence-electron chi connectivity index (χ1n) is 3.98. The first-order valence-corrected chi connectivity index (χ1v) is 4.43. The van der Waals surface area contributed by atoms with Gasteiger partial charge in [0.15, 0.2) is 5.78 Å². The molecule has 1 aromatic rings. The summed E-state index contributed by atoms with van der Waals surface area (Å²) >= 11 is 4.09. The number of ketones is 1. The summed E-state index contributed by atoms with van der Waals surface area (Å²) in [5.74, 6) is -0.582. The minimum absolute atomic E-state index is 0. The van der Waals surface area contributed by atoms with Crippen LogP contribution in [0.5, 0.6) is 0 Å². The molecule has 0 atom stereocenters. The molecule has 0 amide bonds. The van der Waals surface area contributed by atoms with Crippen molar-refractivity contribution in [1.29, 1.82) is 0 Å². The Bertz CT molecular complexity index is 390. The summed E-state index contributed by atoms with van der Waals surface area (Å²) in [5, 5.41) is 0. The molecule has 0 heterocycles. The van der Waals surface area contributed by atoms with Crippen LogP contribution < -0.4 is 0 Å². The Morgan fingerprint density at radius 2 is 1.93 bits per heavy atom. The number of hydrogen-bond donors (Lipinski definition) is 1. The van der Waals surface area contributed by atoms with Crippen LogP contribution in [-0.2, 0) is 4.74 Å². The minimum atomic E-state index is -0.488. The van der Waals surface area contributed by atoms with Crippen molar-refractivity contribution in [2.75, 3.05) is 7.11 Å². The van der Waals surface area contributed by atoms with E-state index in [1.165, 1.54) is 20.1 Å². The number of hydrogen-bond acceptors (Lipinski definition) is 4. The van der Waals surface area contributed by atoms with Crippen molar-refractivity contribution >= 4 is 53.9 Å². The summed E-state index contributed by atoms with van der Waals surface area (Å²) < 4.78 is 4.55. The fraction of sp³-hybridized carbons (Fsp3) is 0.200. The molecular weight excluding hydrogens is 223 g/mol. The van der Waals surface area contributed by atoms with E-state index in [2.05, 4.69) is 17.4 Å². The molecule has 0 aliphatic heterocycles. The van der Waals surface area contributed by atoms with Gasteiger partial charge in [-0.05, 0) is 19.1 Å². The van der Waals surface area contributed by atoms with Crippen LogP contribution in [0.4, 0.5) is 0 Å². The van der Waals surface area contributed by atoms with Crippen molar-refractivity contribution in [2.24, 2.45) is 0 Å². The molecule has 0 fully saturated rings. The second kappa shape index (κ2) is 6.33. The van der Waals surface area contributed by atoms with Gasteiger partial charge in [0, 0.05) is 10.5 Å². The zero-order valence-corrected chi connectivity index (χ0v) is 8.80. The van der Waals surface area contributed by atoms with Crippen LogP contribution in [0, 0.1) is 0 Å². The molecule has 0 spiro atoms. The molecule has 3 nitrogen and oxygen atoms in total. The van der Waals surface area contributed by atoms with Crippen LogP contribution in [0.3, 0.4) is 0 Å². The number of thiol groups is 1. The van der Waals surface area contributed by atoms with Crippen molar-refractivity contribution in [3.05, 3.63) is 29.3 Å². The second-order valence-electron chi connectivity index (χ2n) is 2.78. The van der Waals surface area contributed by atoms with E-state index in [1.54, 1.807) is 12.1 Å². The molecule has 15 heavy (non-hydrogen) atoms. The van der Waals surface area contributed by atoms with E-state index in [0.29, 0.717) is 16.0 Å². The topological polar surface area (TPSA) is 43.4 Å². The third-order valence-corrected chi connectivity index (χ3v) is 2.20. The zero-order valence-electron chi connectivity index (χ0n) is 7.90. The third kappa shape index (κ3) is 3.65. The van der Waals surface area contributed by atoms with Gasteiger partial charge in [-0.25, -0.2) is 4.79 Å². The summed E-state index contributed by atoms with van der Waals surface area (Å²) in [6.07, 6.45) is 0. The van der Waals surface area contributed by atoms with Gasteiger partial charge >= 0.3 is 35.5 Å². The average Bonchev–Trinajstić information content (AvgIpc) is 2.17. The number of benzene rings is 1. The van der Waals surface area contributed by atoms with Gasteiger partial charge in [0.1, 0.15) is 0 Å². The molecule has 0 radical (unpaired) electrons. The maximum atomic E-state index is 11.2. The number of Topliss-reactive ketones (excluding diaryl/α,β-unsaturated/α-hetero) is 1. The summed E-state index contributed by atoms with van der Waals surface area (Å²) in [4.78, 5) is 22.8. The Balaban J connectivity index is 0.00000196. The second-order valence-corrected chi connectivity index (χ2v) is 3.26. The van der Waals surface area contributed by atoms with Crippen LogP contribution >= 0.6 is 12.6 Å². The molecule has 1 aromatic carbocycles. The standard InChI is InChI=1S/C10H10O3S.Na.H/c1-6(11)7-3-4-9(14)8(5-7)10(12)13-2;;/h3-5,14H,1-2H3;;. The number of ether oxygens (including phenoxy) is 1. The van der Waals surface area contributed by atoms with Crippen molar-refractivity contribution in [1.82, 2.24) is 0 Å². The van der Waals surface area contributed by atoms with Crippen molar-refractivity contribution in [3.63, 3.8) is 0 Å². The zero-order chi connectivity index (χ0) is 10.7. The van der Waals surface area contributed by atoms with Crippen molar-refractivity contribution in [2.45, 2.75) is 11.8 Å². The van der Waals surface area contributed by atoms with Gasteiger partial charge in [0.05, 0.1) is 12.7 Å². The Morgan fingerprint density at radius 1 is 1.33 bits per heavy atom. The Hall–Kier alpha value is -0.290. The van der Waals surface area contributed by atoms with Crippen LogP contribution in [0.25, 0.3) is 0 Å². The SMILES string of the molecule is COC(=O)c1cc(C(C)=O)ccc1S.[NaH]. The molecule has 76 valence electrons. The summed E-state index contributed by atoms with van der Waals surface area (Å²) in [6.45, 7) is 1.44. The van der Waals surface area contributed by atoms with Crippen LogP contribution in [-0.4, -0.2) is 48.4 Å². The quantitative estimate of drug-likeness (QED) is 0.363. The van der Waals surface area contributed by atoms with E-state index in [1.807, 2.05) is 0 Å². The fourth-order valence-electron chi connectivity index (χ4n) is 1.03. The number of methoxy groups -OCH3 is 1. The van der Waals surface area contributed by atoms with Crippen LogP contribution in [0.15, 0.2) is 23.1 Å². The molecule has 0 N–H and O–H groups in total. The van der Waals surface area contributed by atoms with E-state index in [-0.39, 0.29) is 35.3 Å². The summed E-state index contributed by atoms with van der Waals surface area (Å²) in [6, 6.07) is 4.71. The summed E-state index contributed by atoms with van der Waals surface area (Å²) in [5.41, 5.74) is 0.784. The normalized spacial score (nSPS) is 9.00. The molecule has 0 bridgehead atoms. The predicted octanol–water partition coefficient (Wildman–Crippen LogP) is 1.32. The first kappa shape index (κ1) is 14.7. The van der Waals surface area contributed by atoms with E-state index in [9.17, 15) is 9.59 Å². The molecule has 1 rings (SSSR count). The molecule has 0 aromatic heterocycles. The van der Waals surface area contributed by atoms with Crippen molar-refractivity contribution in [3.8, 4) is 0 Å². The van der Waals surface area contributed by atoms with E-state index >= 15 is 0 Å². The predicted molar refractivity (Wildman–Crippen MR) is 62.2 cm³/mol. The van der Waals surface area contributed by atoms with Gasteiger partial charge in [-0.2, -0.15) is 0 Å². The van der Waals surface area contributed by atoms with E-state index < -0.39 is 5.97 Å². The maximum absolute atomic E-state index is 11.2. The van der Waals surface area contributed by atoms with Gasteiger partial charge in [-0.1, -0.05) is 6.07 Å². The van der Waals surface area contributed by atoms with Crippen LogP contribution in [0.1, 0.15) is 27.6 Å². The molecule has 0 unspecified atom stereocenters.